The molecule has 0 aromatic carbocycles. The van der Waals surface area contributed by atoms with E-state index in [-0.39, 0.29) is 0 Å². The molecule has 3 rings (SSSR count). The van der Waals surface area contributed by atoms with Crippen molar-refractivity contribution in [2.75, 3.05) is 18.8 Å². The molecule has 0 aromatic rings. The van der Waals surface area contributed by atoms with Gasteiger partial charge in [-0.05, 0) is 64.2 Å². The molecule has 0 spiro atoms. The molecule has 3 unspecified atom stereocenters. The summed E-state index contributed by atoms with van der Waals surface area (Å²) in [7, 11) is 0. The molecule has 3 saturated heterocycles. The van der Waals surface area contributed by atoms with Gasteiger partial charge >= 0.3 is 0 Å². The van der Waals surface area contributed by atoms with Gasteiger partial charge in [-0.25, -0.2) is 0 Å². The minimum Gasteiger partial charge on any atom is -0.314 e. The van der Waals surface area contributed by atoms with Crippen LogP contribution in [0.3, 0.4) is 0 Å². The highest BCUT2D eigenvalue weighted by atomic mass is 32.2. The Morgan fingerprint density at radius 1 is 1.20 bits per heavy atom. The number of piperidine rings is 2. The van der Waals surface area contributed by atoms with Crippen LogP contribution in [-0.4, -0.2) is 46.6 Å². The molecule has 3 aliphatic heterocycles. The lowest BCUT2D eigenvalue weighted by molar-refractivity contribution is 0.0179. The fraction of sp³-hybridized carbons (Fsp3) is 1.00. The maximum absolute atomic E-state index is 3.79. The number of nitrogens with zero attached hydrogens (tertiary/aromatic N) is 1. The molecule has 0 radical (unpaired) electrons. The van der Waals surface area contributed by atoms with Crippen LogP contribution in [-0.2, 0) is 0 Å². The monoisotopic (exact) mass is 296 g/mol. The molecule has 3 atom stereocenters. The zero-order valence-corrected chi connectivity index (χ0v) is 14.2. The van der Waals surface area contributed by atoms with E-state index < -0.39 is 0 Å². The number of rotatable bonds is 5. The Kier molecular flexibility index (Phi) is 4.99. The van der Waals surface area contributed by atoms with Gasteiger partial charge in [0, 0.05) is 29.4 Å². The standard InChI is InChI=1S/C17H32N2S/c1-3-9-18-14-11-15-6-4-7-16(12-14)19(15)13-17(2)8-5-10-20-17/h14-16,18H,3-13H2,1-2H3. The predicted octanol–water partition coefficient (Wildman–Crippen LogP) is 3.66. The molecule has 0 amide bonds. The van der Waals surface area contributed by atoms with Crippen LogP contribution in [0.15, 0.2) is 0 Å². The number of fused-ring (bicyclic) bond motifs is 2. The van der Waals surface area contributed by atoms with Crippen LogP contribution < -0.4 is 5.32 Å². The van der Waals surface area contributed by atoms with Crippen LogP contribution in [0.25, 0.3) is 0 Å². The molecule has 20 heavy (non-hydrogen) atoms. The molecule has 3 heteroatoms. The third-order valence-electron chi connectivity index (χ3n) is 5.63. The number of thioether (sulfide) groups is 1. The van der Waals surface area contributed by atoms with E-state index in [4.69, 9.17) is 0 Å². The van der Waals surface area contributed by atoms with E-state index in [0.717, 1.165) is 18.1 Å². The Balaban J connectivity index is 1.61. The van der Waals surface area contributed by atoms with Crippen LogP contribution in [0.1, 0.15) is 65.2 Å². The van der Waals surface area contributed by atoms with Gasteiger partial charge in [0.2, 0.25) is 0 Å². The van der Waals surface area contributed by atoms with Gasteiger partial charge in [0.15, 0.2) is 0 Å². The molecule has 2 nitrogen and oxygen atoms in total. The van der Waals surface area contributed by atoms with Gasteiger partial charge in [0.1, 0.15) is 0 Å². The quantitative estimate of drug-likeness (QED) is 0.833. The lowest BCUT2D eigenvalue weighted by Crippen LogP contribution is -2.58. The van der Waals surface area contributed by atoms with Crippen LogP contribution in [0.4, 0.5) is 0 Å². The highest BCUT2D eigenvalue weighted by Crippen LogP contribution is 2.42. The summed E-state index contributed by atoms with van der Waals surface area (Å²) >= 11 is 2.23. The molecule has 3 aliphatic rings. The van der Waals surface area contributed by atoms with Crippen LogP contribution in [0, 0.1) is 0 Å². The maximum atomic E-state index is 3.79. The second kappa shape index (κ2) is 6.58. The number of hydrogen-bond donors (Lipinski definition) is 1. The van der Waals surface area contributed by atoms with Crippen molar-refractivity contribution in [2.24, 2.45) is 0 Å². The fourth-order valence-corrected chi connectivity index (χ4v) is 5.91. The van der Waals surface area contributed by atoms with Crippen LogP contribution >= 0.6 is 11.8 Å². The Labute approximate surface area is 129 Å². The van der Waals surface area contributed by atoms with Crippen LogP contribution in [0.5, 0.6) is 0 Å². The van der Waals surface area contributed by atoms with Crippen molar-refractivity contribution in [1.82, 2.24) is 10.2 Å². The first-order chi connectivity index (χ1) is 9.70. The summed E-state index contributed by atoms with van der Waals surface area (Å²) in [6.07, 6.45) is 11.3. The second-order valence-electron chi connectivity index (χ2n) is 7.44. The SMILES string of the molecule is CCCNC1CC2CCCC(C1)N2CC1(C)CCCS1. The third-order valence-corrected chi connectivity index (χ3v) is 7.15. The zero-order valence-electron chi connectivity index (χ0n) is 13.4. The van der Waals surface area contributed by atoms with E-state index in [9.17, 15) is 0 Å². The summed E-state index contributed by atoms with van der Waals surface area (Å²) in [4.78, 5) is 2.92. The first-order valence-corrected chi connectivity index (χ1v) is 9.82. The van der Waals surface area contributed by atoms with Crippen LogP contribution in [0.2, 0.25) is 0 Å². The third kappa shape index (κ3) is 3.36. The lowest BCUT2D eigenvalue weighted by atomic mass is 9.81. The topological polar surface area (TPSA) is 15.3 Å². The minimum absolute atomic E-state index is 0.553. The summed E-state index contributed by atoms with van der Waals surface area (Å²) in [6, 6.07) is 2.54. The van der Waals surface area contributed by atoms with Crippen molar-refractivity contribution in [1.29, 1.82) is 0 Å². The normalized spacial score (nSPS) is 42.0. The van der Waals surface area contributed by atoms with E-state index in [1.165, 1.54) is 70.2 Å². The molecule has 0 saturated carbocycles. The molecule has 0 aromatic heterocycles. The summed E-state index contributed by atoms with van der Waals surface area (Å²) in [5.41, 5.74) is 0. The smallest absolute Gasteiger partial charge is 0.0259 e. The minimum atomic E-state index is 0.553. The predicted molar refractivity (Wildman–Crippen MR) is 89.5 cm³/mol. The summed E-state index contributed by atoms with van der Waals surface area (Å²) < 4.78 is 0.553. The Hall–Kier alpha value is 0.270. The first kappa shape index (κ1) is 15.2. The van der Waals surface area contributed by atoms with Gasteiger partial charge < -0.3 is 5.32 Å². The molecule has 3 heterocycles. The molecule has 2 bridgehead atoms. The van der Waals surface area contributed by atoms with Gasteiger partial charge in [0.25, 0.3) is 0 Å². The van der Waals surface area contributed by atoms with Gasteiger partial charge in [-0.3, -0.25) is 4.90 Å². The van der Waals surface area contributed by atoms with E-state index in [0.29, 0.717) is 4.75 Å². The van der Waals surface area contributed by atoms with Crippen molar-refractivity contribution in [3.8, 4) is 0 Å². The molecule has 116 valence electrons. The van der Waals surface area contributed by atoms with Gasteiger partial charge in [-0.1, -0.05) is 13.3 Å². The summed E-state index contributed by atoms with van der Waals surface area (Å²) in [5.74, 6) is 1.39. The first-order valence-electron chi connectivity index (χ1n) is 8.83. The van der Waals surface area contributed by atoms with E-state index in [2.05, 4.69) is 35.8 Å². The maximum Gasteiger partial charge on any atom is 0.0259 e. The average molecular weight is 297 g/mol. The highest BCUT2D eigenvalue weighted by molar-refractivity contribution is 8.00. The van der Waals surface area contributed by atoms with Crippen molar-refractivity contribution < 1.29 is 0 Å². The highest BCUT2D eigenvalue weighted by Gasteiger charge is 2.42. The summed E-state index contributed by atoms with van der Waals surface area (Å²) in [6.45, 7) is 7.36. The van der Waals surface area contributed by atoms with E-state index >= 15 is 0 Å². The Morgan fingerprint density at radius 2 is 1.95 bits per heavy atom. The zero-order chi connectivity index (χ0) is 14.0. The number of hydrogen-bond acceptors (Lipinski definition) is 3. The average Bonchev–Trinajstić information content (AvgIpc) is 2.83. The van der Waals surface area contributed by atoms with Crippen molar-refractivity contribution in [3.63, 3.8) is 0 Å². The fourth-order valence-electron chi connectivity index (χ4n) is 4.60. The van der Waals surface area contributed by atoms with Crippen molar-refractivity contribution >= 4 is 11.8 Å². The molecule has 0 aliphatic carbocycles. The molecule has 1 N–H and O–H groups in total. The number of nitrogens with one attached hydrogen (secondary N) is 1. The largest absolute Gasteiger partial charge is 0.314 e. The van der Waals surface area contributed by atoms with Gasteiger partial charge in [-0.15, -0.1) is 0 Å². The lowest BCUT2D eigenvalue weighted by Gasteiger charge is -2.51. The molecule has 3 fully saturated rings. The van der Waals surface area contributed by atoms with Crippen molar-refractivity contribution in [2.45, 2.75) is 88.1 Å². The van der Waals surface area contributed by atoms with Crippen molar-refractivity contribution in [3.05, 3.63) is 0 Å². The molecular formula is C17H32N2S. The Bertz CT molecular complexity index is 300. The van der Waals surface area contributed by atoms with Gasteiger partial charge in [-0.2, -0.15) is 11.8 Å². The van der Waals surface area contributed by atoms with Gasteiger partial charge in [0.05, 0.1) is 0 Å². The van der Waals surface area contributed by atoms with E-state index in [1.54, 1.807) is 0 Å². The summed E-state index contributed by atoms with van der Waals surface area (Å²) in [5, 5.41) is 3.79. The van der Waals surface area contributed by atoms with E-state index in [1.807, 2.05) is 0 Å². The Morgan fingerprint density at radius 3 is 2.55 bits per heavy atom. The second-order valence-corrected chi connectivity index (χ2v) is 9.12. The molecular weight excluding hydrogens is 264 g/mol.